The summed E-state index contributed by atoms with van der Waals surface area (Å²) in [5.74, 6) is 0.741. The van der Waals surface area contributed by atoms with Crippen LogP contribution < -0.4 is 0 Å². The molecular weight excluding hydrogens is 334 g/mol. The average molecular weight is 355 g/mol. The minimum Gasteiger partial charge on any atom is -0.342 e. The van der Waals surface area contributed by atoms with Crippen LogP contribution in [0.1, 0.15) is 11.4 Å². The number of para-hydroxylation sites is 2. The van der Waals surface area contributed by atoms with Gasteiger partial charge in [-0.2, -0.15) is 0 Å². The number of benzene rings is 3. The Kier molecular flexibility index (Phi) is 4.71. The molecule has 0 aliphatic carbocycles. The van der Waals surface area contributed by atoms with Crippen LogP contribution in [-0.4, -0.2) is 27.8 Å². The molecule has 0 aliphatic rings. The van der Waals surface area contributed by atoms with Crippen LogP contribution in [0.5, 0.6) is 0 Å². The Labute approximate surface area is 158 Å². The van der Waals surface area contributed by atoms with Crippen LogP contribution >= 0.6 is 0 Å². The molecule has 1 N–H and O–H groups in total. The molecule has 0 saturated heterocycles. The molecule has 0 spiro atoms. The minimum atomic E-state index is 0.0409. The SMILES string of the molecule is CN(Cc1cccc(-c2ccccc2)c1)C(=O)Cc1nc2ccccc2[nH]1. The van der Waals surface area contributed by atoms with Crippen molar-refractivity contribution in [1.82, 2.24) is 14.9 Å². The van der Waals surface area contributed by atoms with Crippen molar-refractivity contribution in [3.63, 3.8) is 0 Å². The first-order valence-corrected chi connectivity index (χ1v) is 9.01. The van der Waals surface area contributed by atoms with Crippen LogP contribution in [-0.2, 0) is 17.8 Å². The van der Waals surface area contributed by atoms with Crippen LogP contribution in [0.4, 0.5) is 0 Å². The number of aromatic nitrogens is 2. The first-order valence-electron chi connectivity index (χ1n) is 9.01. The van der Waals surface area contributed by atoms with E-state index in [1.807, 2.05) is 55.6 Å². The van der Waals surface area contributed by atoms with Gasteiger partial charge in [0.25, 0.3) is 0 Å². The molecule has 1 aromatic heterocycles. The zero-order valence-electron chi connectivity index (χ0n) is 15.2. The van der Waals surface area contributed by atoms with Crippen molar-refractivity contribution in [3.05, 3.63) is 90.3 Å². The van der Waals surface area contributed by atoms with Crippen LogP contribution in [0.3, 0.4) is 0 Å². The Hall–Kier alpha value is -3.40. The summed E-state index contributed by atoms with van der Waals surface area (Å²) in [4.78, 5) is 22.1. The lowest BCUT2D eigenvalue weighted by Crippen LogP contribution is -2.28. The summed E-state index contributed by atoms with van der Waals surface area (Å²) < 4.78 is 0. The molecule has 4 rings (SSSR count). The lowest BCUT2D eigenvalue weighted by Gasteiger charge is -2.17. The molecule has 1 heterocycles. The van der Waals surface area contributed by atoms with Gasteiger partial charge in [0.2, 0.25) is 5.91 Å². The molecule has 4 nitrogen and oxygen atoms in total. The second-order valence-electron chi connectivity index (χ2n) is 6.69. The summed E-state index contributed by atoms with van der Waals surface area (Å²) in [6.07, 6.45) is 0.267. The standard InChI is InChI=1S/C23H21N3O/c1-26(23(27)15-22-24-20-12-5-6-13-21(20)25-22)16-17-8-7-11-19(14-17)18-9-3-2-4-10-18/h2-14H,15-16H2,1H3,(H,24,25). The second kappa shape index (κ2) is 7.46. The van der Waals surface area contributed by atoms with Crippen molar-refractivity contribution < 1.29 is 4.79 Å². The van der Waals surface area contributed by atoms with E-state index in [1.165, 1.54) is 5.56 Å². The Morgan fingerprint density at radius 1 is 0.926 bits per heavy atom. The van der Waals surface area contributed by atoms with E-state index in [2.05, 4.69) is 40.3 Å². The maximum Gasteiger partial charge on any atom is 0.230 e. The van der Waals surface area contributed by atoms with Crippen LogP contribution in [0.25, 0.3) is 22.2 Å². The van der Waals surface area contributed by atoms with Gasteiger partial charge in [0.15, 0.2) is 0 Å². The van der Waals surface area contributed by atoms with E-state index in [-0.39, 0.29) is 12.3 Å². The van der Waals surface area contributed by atoms with E-state index in [4.69, 9.17) is 0 Å². The molecule has 0 atom stereocenters. The van der Waals surface area contributed by atoms with Crippen molar-refractivity contribution in [2.75, 3.05) is 7.05 Å². The van der Waals surface area contributed by atoms with E-state index >= 15 is 0 Å². The van der Waals surface area contributed by atoms with Crippen molar-refractivity contribution in [2.24, 2.45) is 0 Å². The molecule has 0 radical (unpaired) electrons. The Balaban J connectivity index is 1.45. The normalized spacial score (nSPS) is 10.9. The molecule has 4 aromatic rings. The van der Waals surface area contributed by atoms with Gasteiger partial charge in [-0.1, -0.05) is 60.7 Å². The van der Waals surface area contributed by atoms with Gasteiger partial charge < -0.3 is 9.88 Å². The van der Waals surface area contributed by atoms with Gasteiger partial charge in [0.05, 0.1) is 17.5 Å². The summed E-state index contributed by atoms with van der Waals surface area (Å²) in [6, 6.07) is 26.4. The molecule has 0 unspecified atom stereocenters. The molecule has 134 valence electrons. The van der Waals surface area contributed by atoms with E-state index in [0.717, 1.165) is 22.2 Å². The topological polar surface area (TPSA) is 49.0 Å². The lowest BCUT2D eigenvalue weighted by atomic mass is 10.0. The number of hydrogen-bond donors (Lipinski definition) is 1. The quantitative estimate of drug-likeness (QED) is 0.576. The first kappa shape index (κ1) is 17.0. The lowest BCUT2D eigenvalue weighted by molar-refractivity contribution is -0.129. The number of carbonyl (C=O) groups excluding carboxylic acids is 1. The van der Waals surface area contributed by atoms with Crippen molar-refractivity contribution in [1.29, 1.82) is 0 Å². The summed E-state index contributed by atoms with van der Waals surface area (Å²) in [7, 11) is 1.83. The zero-order chi connectivity index (χ0) is 18.6. The maximum absolute atomic E-state index is 12.6. The highest BCUT2D eigenvalue weighted by Gasteiger charge is 2.13. The molecule has 0 fully saturated rings. The van der Waals surface area contributed by atoms with E-state index in [1.54, 1.807) is 4.90 Å². The highest BCUT2D eigenvalue weighted by molar-refractivity contribution is 5.80. The van der Waals surface area contributed by atoms with Gasteiger partial charge in [-0.15, -0.1) is 0 Å². The van der Waals surface area contributed by atoms with E-state index < -0.39 is 0 Å². The predicted molar refractivity (Wildman–Crippen MR) is 108 cm³/mol. The number of rotatable bonds is 5. The first-order chi connectivity index (χ1) is 13.2. The summed E-state index contributed by atoms with van der Waals surface area (Å²) in [5, 5.41) is 0. The molecular formula is C23H21N3O. The maximum atomic E-state index is 12.6. The molecule has 4 heteroatoms. The monoisotopic (exact) mass is 355 g/mol. The molecule has 1 amide bonds. The van der Waals surface area contributed by atoms with Crippen molar-refractivity contribution >= 4 is 16.9 Å². The van der Waals surface area contributed by atoms with Crippen molar-refractivity contribution in [2.45, 2.75) is 13.0 Å². The van der Waals surface area contributed by atoms with Crippen LogP contribution in [0, 0.1) is 0 Å². The third-order valence-corrected chi connectivity index (χ3v) is 4.64. The smallest absolute Gasteiger partial charge is 0.230 e. The van der Waals surface area contributed by atoms with Gasteiger partial charge >= 0.3 is 0 Å². The number of aromatic amines is 1. The summed E-state index contributed by atoms with van der Waals surface area (Å²) in [6.45, 7) is 0.569. The van der Waals surface area contributed by atoms with E-state index in [0.29, 0.717) is 12.4 Å². The Bertz CT molecular complexity index is 1040. The number of carbonyl (C=O) groups is 1. The van der Waals surface area contributed by atoms with Gasteiger partial charge in [-0.3, -0.25) is 4.79 Å². The average Bonchev–Trinajstić information content (AvgIpc) is 3.11. The van der Waals surface area contributed by atoms with E-state index in [9.17, 15) is 4.79 Å². The van der Waals surface area contributed by atoms with Gasteiger partial charge in [0.1, 0.15) is 5.82 Å². The third-order valence-electron chi connectivity index (χ3n) is 4.64. The molecule has 0 saturated carbocycles. The number of likely N-dealkylation sites (N-methyl/N-ethyl adjacent to an activating group) is 1. The number of H-pyrrole nitrogens is 1. The molecule has 3 aromatic carbocycles. The summed E-state index contributed by atoms with van der Waals surface area (Å²) in [5.41, 5.74) is 5.29. The highest BCUT2D eigenvalue weighted by Crippen LogP contribution is 2.20. The fraction of sp³-hybridized carbons (Fsp3) is 0.130. The van der Waals surface area contributed by atoms with Gasteiger partial charge in [-0.25, -0.2) is 4.98 Å². The highest BCUT2D eigenvalue weighted by atomic mass is 16.2. The predicted octanol–water partition coefficient (Wildman–Crippen LogP) is 4.43. The largest absolute Gasteiger partial charge is 0.342 e. The van der Waals surface area contributed by atoms with Gasteiger partial charge in [0, 0.05) is 13.6 Å². The van der Waals surface area contributed by atoms with Gasteiger partial charge in [-0.05, 0) is 34.9 Å². The number of amides is 1. The minimum absolute atomic E-state index is 0.0409. The number of imidazole rings is 1. The Morgan fingerprint density at radius 2 is 1.67 bits per heavy atom. The number of nitrogens with zero attached hydrogens (tertiary/aromatic N) is 2. The van der Waals surface area contributed by atoms with Crippen LogP contribution in [0.15, 0.2) is 78.9 Å². The number of fused-ring (bicyclic) bond motifs is 1. The fourth-order valence-electron chi connectivity index (χ4n) is 3.21. The fourth-order valence-corrected chi connectivity index (χ4v) is 3.21. The van der Waals surface area contributed by atoms with Crippen LogP contribution in [0.2, 0.25) is 0 Å². The molecule has 0 bridgehead atoms. The Morgan fingerprint density at radius 3 is 2.48 bits per heavy atom. The zero-order valence-corrected chi connectivity index (χ0v) is 15.2. The third kappa shape index (κ3) is 3.90. The number of hydrogen-bond acceptors (Lipinski definition) is 2. The van der Waals surface area contributed by atoms with Crippen molar-refractivity contribution in [3.8, 4) is 11.1 Å². The second-order valence-corrected chi connectivity index (χ2v) is 6.69. The summed E-state index contributed by atoms with van der Waals surface area (Å²) >= 11 is 0. The number of nitrogens with one attached hydrogen (secondary N) is 1. The molecule has 27 heavy (non-hydrogen) atoms. The molecule has 0 aliphatic heterocycles.